The molecule has 2 amide bonds. The summed E-state index contributed by atoms with van der Waals surface area (Å²) < 4.78 is 14.8. The molecule has 78 heavy (non-hydrogen) atoms. The van der Waals surface area contributed by atoms with Crippen LogP contribution in [0.1, 0.15) is 159 Å². The van der Waals surface area contributed by atoms with Crippen molar-refractivity contribution in [1.82, 2.24) is 18.9 Å². The Hall–Kier alpha value is -5.82. The molecule has 0 unspecified atom stereocenters. The molecule has 6 heterocycles. The largest absolute Gasteiger partial charge is 0.465 e. The lowest BCUT2D eigenvalue weighted by atomic mass is 9.81. The maximum atomic E-state index is 13.8. The summed E-state index contributed by atoms with van der Waals surface area (Å²) in [6, 6.07) is 24.1. The maximum Gasteiger partial charge on any atom is 0.337 e. The number of hydrogen-bond acceptors (Lipinski definition) is 8. The molecule has 0 N–H and O–H groups in total. The lowest BCUT2D eigenvalue weighted by molar-refractivity contribution is -0.132. The summed E-state index contributed by atoms with van der Waals surface area (Å²) in [6.07, 6.45) is 20.6. The first-order valence-electron chi connectivity index (χ1n) is 29.2. The lowest BCUT2D eigenvalue weighted by Gasteiger charge is -2.34. The maximum absolute atomic E-state index is 13.8. The molecule has 4 aromatic carbocycles. The van der Waals surface area contributed by atoms with Crippen molar-refractivity contribution < 1.29 is 28.7 Å². The normalized spacial score (nSPS) is 18.6. The molecule has 2 aromatic heterocycles. The van der Waals surface area contributed by atoms with E-state index in [1.54, 1.807) is 4.90 Å². The van der Waals surface area contributed by atoms with Crippen LogP contribution in [0.4, 0.5) is 11.4 Å². The second-order valence-electron chi connectivity index (χ2n) is 22.7. The van der Waals surface area contributed by atoms with Crippen LogP contribution in [0.5, 0.6) is 0 Å². The number of rotatable bonds is 9. The van der Waals surface area contributed by atoms with Crippen LogP contribution in [0, 0.1) is 0 Å². The van der Waals surface area contributed by atoms with Crippen LogP contribution in [0.3, 0.4) is 0 Å². The Morgan fingerprint density at radius 3 is 1.58 bits per heavy atom. The third-order valence-corrected chi connectivity index (χ3v) is 18.4. The first-order valence-corrected chi connectivity index (χ1v) is 30.0. The van der Waals surface area contributed by atoms with Gasteiger partial charge in [-0.25, -0.2) is 9.59 Å². The van der Waals surface area contributed by atoms with Crippen LogP contribution in [0.2, 0.25) is 10.0 Å². The van der Waals surface area contributed by atoms with E-state index >= 15 is 0 Å². The first-order chi connectivity index (χ1) is 38.1. The van der Waals surface area contributed by atoms with E-state index in [1.165, 1.54) is 131 Å². The highest BCUT2D eigenvalue weighted by Crippen LogP contribution is 2.50. The molecule has 2 saturated heterocycles. The third kappa shape index (κ3) is 11.1. The number of amides is 2. The monoisotopic (exact) mass is 1090 g/mol. The fraction of sp³-hybridized carbons (Fsp3) is 0.500. The number of methoxy groups -OCH3 is 2. The summed E-state index contributed by atoms with van der Waals surface area (Å²) in [5.74, 6) is 0.131. The van der Waals surface area contributed by atoms with Gasteiger partial charge in [0.15, 0.2) is 0 Å². The summed E-state index contributed by atoms with van der Waals surface area (Å²) in [4.78, 5) is 60.9. The van der Waals surface area contributed by atoms with Crippen molar-refractivity contribution in [2.45, 2.75) is 141 Å². The number of aromatic nitrogens is 2. The number of nitrogens with zero attached hydrogens (tertiary/aromatic N) is 6. The number of carbonyl (C=O) groups is 4. The molecule has 0 radical (unpaired) electrons. The smallest absolute Gasteiger partial charge is 0.337 e. The van der Waals surface area contributed by atoms with Crippen molar-refractivity contribution in [3.05, 3.63) is 105 Å². The molecule has 6 aliphatic rings. The zero-order valence-corrected chi connectivity index (χ0v) is 47.3. The second-order valence-corrected chi connectivity index (χ2v) is 23.6. The number of anilines is 2. The average molecular weight is 1100 g/mol. The van der Waals surface area contributed by atoms with Gasteiger partial charge in [-0.3, -0.25) is 9.59 Å². The molecule has 12 nitrogen and oxygen atoms in total. The van der Waals surface area contributed by atoms with E-state index in [9.17, 15) is 19.2 Å². The molecule has 412 valence electrons. The lowest BCUT2D eigenvalue weighted by Crippen LogP contribution is -2.45. The summed E-state index contributed by atoms with van der Waals surface area (Å²) in [6.45, 7) is 8.46. The van der Waals surface area contributed by atoms with Gasteiger partial charge in [-0.05, 0) is 161 Å². The molecule has 0 atom stereocenters. The number of aryl methyl sites for hydroxylation is 2. The molecule has 4 aliphatic heterocycles. The third-order valence-electron chi connectivity index (χ3n) is 17.9. The van der Waals surface area contributed by atoms with Crippen LogP contribution in [0.15, 0.2) is 72.8 Å². The van der Waals surface area contributed by atoms with Crippen molar-refractivity contribution in [3.8, 4) is 22.5 Å². The van der Waals surface area contributed by atoms with Crippen LogP contribution in [-0.4, -0.2) is 109 Å². The van der Waals surface area contributed by atoms with Crippen molar-refractivity contribution in [2.75, 3.05) is 76.4 Å². The van der Waals surface area contributed by atoms with E-state index in [0.717, 1.165) is 110 Å². The number of carbonyl (C=O) groups excluding carboxylic acids is 4. The van der Waals surface area contributed by atoms with Gasteiger partial charge < -0.3 is 38.2 Å². The minimum Gasteiger partial charge on any atom is -0.465 e. The molecule has 2 aliphatic carbocycles. The Labute approximate surface area is 469 Å². The standard InChI is InChI=1S/C32H36ClN3O4.C32H40ClN3O2/c1-40-32(39)22-10-12-24-26(18-22)35-17-14-28(37)36(20-29(38)34-15-6-3-7-16-34)27-19-23(33)11-13-25(27)31(35)30(24)21-8-4-2-5-9-21;1-38-32(37)24-11-13-26-29(21-24)36-18-8-17-35(20-19-34-15-6-3-7-16-34)28-22-25(33)12-14-27(28)31(36)30(26)23-9-4-2-5-10-23/h10-13,18-19,21H,2-9,14-17,20H2,1H3;11-14,21-23H,2-10,15-20H2,1H3. The van der Waals surface area contributed by atoms with Crippen LogP contribution in [-0.2, 0) is 32.2 Å². The number of likely N-dealkylation sites (tertiary alicyclic amines) is 2. The fourth-order valence-corrected chi connectivity index (χ4v) is 14.4. The van der Waals surface area contributed by atoms with Crippen LogP contribution in [0.25, 0.3) is 44.3 Å². The molecule has 0 spiro atoms. The van der Waals surface area contributed by atoms with Gasteiger partial charge in [-0.15, -0.1) is 0 Å². The number of piperidine rings is 2. The summed E-state index contributed by atoms with van der Waals surface area (Å²) >= 11 is 13.2. The highest BCUT2D eigenvalue weighted by molar-refractivity contribution is 6.31. The minimum atomic E-state index is -0.381. The molecular formula is C64H76Cl2N6O6. The Balaban J connectivity index is 0.000000166. The number of fused-ring (bicyclic) bond motifs is 10. The summed E-state index contributed by atoms with van der Waals surface area (Å²) in [7, 11) is 2.85. The molecule has 0 bridgehead atoms. The number of halogens is 2. The molecule has 14 heteroatoms. The zero-order valence-electron chi connectivity index (χ0n) is 45.8. The van der Waals surface area contributed by atoms with E-state index in [-0.39, 0.29) is 36.7 Å². The number of benzene rings is 4. The number of esters is 2. The van der Waals surface area contributed by atoms with Crippen molar-refractivity contribution >= 4 is 80.1 Å². The van der Waals surface area contributed by atoms with Crippen molar-refractivity contribution in [3.63, 3.8) is 0 Å². The van der Waals surface area contributed by atoms with Gasteiger partial charge in [0.2, 0.25) is 11.8 Å². The molecule has 2 saturated carbocycles. The molecular weight excluding hydrogens is 1020 g/mol. The Morgan fingerprint density at radius 2 is 1.03 bits per heavy atom. The van der Waals surface area contributed by atoms with Gasteiger partial charge in [0.05, 0.1) is 42.4 Å². The SMILES string of the molecule is COC(=O)c1ccc2c(C3CCCCC3)c3n(c2c1)CCC(=O)N(CC(=O)N1CCCCC1)c1cc(Cl)ccc1-3.COC(=O)c1ccc2c(C3CCCCC3)c3n(c2c1)CCCN(CCN1CCCCC1)c1cc(Cl)ccc1-3. The van der Waals surface area contributed by atoms with E-state index in [1.807, 2.05) is 47.4 Å². The molecule has 6 aromatic rings. The van der Waals surface area contributed by atoms with Gasteiger partial charge in [-0.1, -0.05) is 80.3 Å². The van der Waals surface area contributed by atoms with Crippen LogP contribution < -0.4 is 9.80 Å². The van der Waals surface area contributed by atoms with Gasteiger partial charge in [0.1, 0.15) is 6.54 Å². The quantitative estimate of drug-likeness (QED) is 0.132. The van der Waals surface area contributed by atoms with Gasteiger partial charge >= 0.3 is 11.9 Å². The summed E-state index contributed by atoms with van der Waals surface area (Å²) in [5.41, 5.74) is 12.5. The first kappa shape index (κ1) is 54.2. The average Bonchev–Trinajstić information content (AvgIpc) is 4.19. The number of ether oxygens (including phenoxy) is 2. The van der Waals surface area contributed by atoms with E-state index in [4.69, 9.17) is 32.7 Å². The highest BCUT2D eigenvalue weighted by Gasteiger charge is 2.35. The summed E-state index contributed by atoms with van der Waals surface area (Å²) in [5, 5.41) is 3.72. The Bertz CT molecular complexity index is 3190. The van der Waals surface area contributed by atoms with Crippen molar-refractivity contribution in [1.29, 1.82) is 0 Å². The molecule has 4 fully saturated rings. The Kier molecular flexibility index (Phi) is 16.9. The van der Waals surface area contributed by atoms with Gasteiger partial charge in [-0.2, -0.15) is 0 Å². The predicted octanol–water partition coefficient (Wildman–Crippen LogP) is 14.0. The fourth-order valence-electron chi connectivity index (χ4n) is 14.0. The van der Waals surface area contributed by atoms with E-state index in [0.29, 0.717) is 40.2 Å². The minimum absolute atomic E-state index is 0.0116. The van der Waals surface area contributed by atoms with Gasteiger partial charge in [0, 0.05) is 101 Å². The second kappa shape index (κ2) is 24.3. The van der Waals surface area contributed by atoms with E-state index < -0.39 is 0 Å². The predicted molar refractivity (Wildman–Crippen MR) is 314 cm³/mol. The number of hydrogen-bond donors (Lipinski definition) is 0. The Morgan fingerprint density at radius 1 is 0.526 bits per heavy atom. The topological polar surface area (TPSA) is 110 Å². The van der Waals surface area contributed by atoms with E-state index in [2.05, 4.69) is 49.3 Å². The highest BCUT2D eigenvalue weighted by atomic mass is 35.5. The van der Waals surface area contributed by atoms with Crippen molar-refractivity contribution in [2.24, 2.45) is 0 Å². The van der Waals surface area contributed by atoms with Gasteiger partial charge in [0.25, 0.3) is 0 Å². The zero-order chi connectivity index (χ0) is 53.9. The van der Waals surface area contributed by atoms with Crippen LogP contribution >= 0.6 is 23.2 Å². The molecule has 12 rings (SSSR count).